The molecule has 2 heterocycles. The van der Waals surface area contributed by atoms with E-state index in [-0.39, 0.29) is 17.4 Å². The minimum absolute atomic E-state index is 0.0440. The molecule has 0 saturated carbocycles. The number of hydrogen-bond donors (Lipinski definition) is 1. The van der Waals surface area contributed by atoms with Gasteiger partial charge in [0.05, 0.1) is 19.7 Å². The SMILES string of the molecule is CCOc1ccc(C2CCCN2CC(=O)N2CCN(CC(=O)NC(C)(C)C)CC2)cc1. The second kappa shape index (κ2) is 10.5. The predicted octanol–water partition coefficient (Wildman–Crippen LogP) is 2.28. The van der Waals surface area contributed by atoms with E-state index in [1.54, 1.807) is 0 Å². The van der Waals surface area contributed by atoms with Gasteiger partial charge in [-0.2, -0.15) is 0 Å². The molecular weight excluding hydrogens is 392 g/mol. The highest BCUT2D eigenvalue weighted by atomic mass is 16.5. The molecule has 1 unspecified atom stereocenters. The van der Waals surface area contributed by atoms with Gasteiger partial charge >= 0.3 is 0 Å². The second-order valence-corrected chi connectivity index (χ2v) is 9.59. The van der Waals surface area contributed by atoms with Crippen LogP contribution >= 0.6 is 0 Å². The standard InChI is InChI=1S/C24H38N4O3/c1-5-31-20-10-8-19(9-11-20)21-7-6-12-28(21)18-23(30)27-15-13-26(14-16-27)17-22(29)25-24(2,3)4/h8-11,21H,5-7,12-18H2,1-4H3,(H,25,29). The first kappa shape index (κ1) is 23.5. The number of hydrogen-bond acceptors (Lipinski definition) is 5. The van der Waals surface area contributed by atoms with Gasteiger partial charge in [-0.05, 0) is 64.8 Å². The molecule has 0 aromatic heterocycles. The minimum Gasteiger partial charge on any atom is -0.494 e. The van der Waals surface area contributed by atoms with E-state index < -0.39 is 0 Å². The number of piperazine rings is 1. The monoisotopic (exact) mass is 430 g/mol. The molecule has 1 aromatic carbocycles. The normalized spacial score (nSPS) is 20.6. The Labute approximate surface area is 186 Å². The Morgan fingerprint density at radius 3 is 2.32 bits per heavy atom. The molecule has 31 heavy (non-hydrogen) atoms. The Morgan fingerprint density at radius 1 is 1.03 bits per heavy atom. The van der Waals surface area contributed by atoms with Gasteiger partial charge in [0.15, 0.2) is 0 Å². The Balaban J connectivity index is 1.47. The van der Waals surface area contributed by atoms with Gasteiger partial charge in [0, 0.05) is 37.8 Å². The van der Waals surface area contributed by atoms with Crippen molar-refractivity contribution in [2.75, 3.05) is 52.4 Å². The fourth-order valence-electron chi connectivity index (χ4n) is 4.44. The highest BCUT2D eigenvalue weighted by Crippen LogP contribution is 2.32. The maximum Gasteiger partial charge on any atom is 0.236 e. The van der Waals surface area contributed by atoms with Crippen LogP contribution in [0.5, 0.6) is 5.75 Å². The zero-order valence-electron chi connectivity index (χ0n) is 19.5. The van der Waals surface area contributed by atoms with Gasteiger partial charge in [0.2, 0.25) is 11.8 Å². The van der Waals surface area contributed by atoms with Crippen LogP contribution in [0.3, 0.4) is 0 Å². The first-order valence-electron chi connectivity index (χ1n) is 11.5. The Morgan fingerprint density at radius 2 is 1.71 bits per heavy atom. The fourth-order valence-corrected chi connectivity index (χ4v) is 4.44. The van der Waals surface area contributed by atoms with Gasteiger partial charge in [-0.25, -0.2) is 0 Å². The van der Waals surface area contributed by atoms with Crippen LogP contribution in [0.25, 0.3) is 0 Å². The van der Waals surface area contributed by atoms with Crippen molar-refractivity contribution in [2.45, 2.75) is 52.1 Å². The van der Waals surface area contributed by atoms with Crippen molar-refractivity contribution in [3.8, 4) is 5.75 Å². The van der Waals surface area contributed by atoms with Crippen LogP contribution in [-0.2, 0) is 9.59 Å². The van der Waals surface area contributed by atoms with E-state index in [0.29, 0.717) is 38.8 Å². The topological polar surface area (TPSA) is 65.1 Å². The third-order valence-corrected chi connectivity index (χ3v) is 5.88. The third-order valence-electron chi connectivity index (χ3n) is 5.88. The highest BCUT2D eigenvalue weighted by molar-refractivity contribution is 5.79. The molecule has 3 rings (SSSR count). The number of amides is 2. The van der Waals surface area contributed by atoms with E-state index in [0.717, 1.165) is 38.2 Å². The number of ether oxygens (including phenoxy) is 1. The quantitative estimate of drug-likeness (QED) is 0.719. The lowest BCUT2D eigenvalue weighted by Crippen LogP contribution is -2.54. The van der Waals surface area contributed by atoms with E-state index >= 15 is 0 Å². The van der Waals surface area contributed by atoms with Crippen LogP contribution in [0.4, 0.5) is 0 Å². The Hall–Kier alpha value is -2.12. The summed E-state index contributed by atoms with van der Waals surface area (Å²) in [6, 6.07) is 8.58. The molecule has 1 aromatic rings. The summed E-state index contributed by atoms with van der Waals surface area (Å²) in [7, 11) is 0. The summed E-state index contributed by atoms with van der Waals surface area (Å²) in [4.78, 5) is 31.5. The van der Waals surface area contributed by atoms with Gasteiger partial charge in [0.1, 0.15) is 5.75 Å². The molecule has 1 N–H and O–H groups in total. The molecule has 2 aliphatic rings. The van der Waals surface area contributed by atoms with Crippen LogP contribution in [-0.4, -0.2) is 84.5 Å². The number of carbonyl (C=O) groups excluding carboxylic acids is 2. The second-order valence-electron chi connectivity index (χ2n) is 9.59. The fraction of sp³-hybridized carbons (Fsp3) is 0.667. The van der Waals surface area contributed by atoms with Crippen LogP contribution in [0, 0.1) is 0 Å². The average Bonchev–Trinajstić information content (AvgIpc) is 3.16. The largest absolute Gasteiger partial charge is 0.494 e. The Kier molecular flexibility index (Phi) is 7.94. The number of nitrogens with zero attached hydrogens (tertiary/aromatic N) is 3. The summed E-state index contributed by atoms with van der Waals surface area (Å²) in [5.74, 6) is 1.13. The van der Waals surface area contributed by atoms with E-state index in [1.165, 1.54) is 5.56 Å². The molecule has 0 radical (unpaired) electrons. The zero-order chi connectivity index (χ0) is 22.4. The molecule has 0 aliphatic carbocycles. The Bertz CT molecular complexity index is 736. The number of nitrogens with one attached hydrogen (secondary N) is 1. The molecule has 7 nitrogen and oxygen atoms in total. The van der Waals surface area contributed by atoms with Crippen molar-refractivity contribution in [1.29, 1.82) is 0 Å². The lowest BCUT2D eigenvalue weighted by molar-refractivity contribution is -0.134. The van der Waals surface area contributed by atoms with Crippen LogP contribution < -0.4 is 10.1 Å². The summed E-state index contributed by atoms with van der Waals surface area (Å²) in [5.41, 5.74) is 1.04. The molecule has 2 amide bonds. The minimum atomic E-state index is -0.218. The van der Waals surface area contributed by atoms with Crippen molar-refractivity contribution in [2.24, 2.45) is 0 Å². The summed E-state index contributed by atoms with van der Waals surface area (Å²) >= 11 is 0. The maximum atomic E-state index is 13.0. The summed E-state index contributed by atoms with van der Waals surface area (Å²) in [6.45, 7) is 13.3. The predicted molar refractivity (Wildman–Crippen MR) is 122 cm³/mol. The summed E-state index contributed by atoms with van der Waals surface area (Å²) in [5, 5.41) is 3.00. The van der Waals surface area contributed by atoms with E-state index in [1.807, 2.05) is 44.7 Å². The van der Waals surface area contributed by atoms with Crippen LogP contribution in [0.1, 0.15) is 52.1 Å². The molecule has 0 spiro atoms. The number of likely N-dealkylation sites (tertiary alicyclic amines) is 1. The summed E-state index contributed by atoms with van der Waals surface area (Å²) < 4.78 is 5.55. The number of rotatable bonds is 7. The molecule has 2 aliphatic heterocycles. The molecule has 172 valence electrons. The zero-order valence-corrected chi connectivity index (χ0v) is 19.5. The highest BCUT2D eigenvalue weighted by Gasteiger charge is 2.30. The van der Waals surface area contributed by atoms with Crippen molar-refractivity contribution in [1.82, 2.24) is 20.0 Å². The van der Waals surface area contributed by atoms with Crippen molar-refractivity contribution < 1.29 is 14.3 Å². The van der Waals surface area contributed by atoms with Gasteiger partial charge < -0.3 is 15.0 Å². The van der Waals surface area contributed by atoms with Crippen molar-refractivity contribution >= 4 is 11.8 Å². The van der Waals surface area contributed by atoms with Crippen molar-refractivity contribution in [3.05, 3.63) is 29.8 Å². The van der Waals surface area contributed by atoms with Gasteiger partial charge in [-0.15, -0.1) is 0 Å². The molecular formula is C24H38N4O3. The summed E-state index contributed by atoms with van der Waals surface area (Å²) in [6.07, 6.45) is 2.19. The van der Waals surface area contributed by atoms with Crippen LogP contribution in [0.2, 0.25) is 0 Å². The lowest BCUT2D eigenvalue weighted by Gasteiger charge is -2.36. The smallest absolute Gasteiger partial charge is 0.236 e. The molecule has 2 fully saturated rings. The van der Waals surface area contributed by atoms with E-state index in [4.69, 9.17) is 4.74 Å². The number of carbonyl (C=O) groups is 2. The molecule has 2 saturated heterocycles. The van der Waals surface area contributed by atoms with Gasteiger partial charge in [-0.3, -0.25) is 19.4 Å². The average molecular weight is 431 g/mol. The van der Waals surface area contributed by atoms with E-state index in [2.05, 4.69) is 27.2 Å². The van der Waals surface area contributed by atoms with Gasteiger partial charge in [-0.1, -0.05) is 12.1 Å². The number of benzene rings is 1. The van der Waals surface area contributed by atoms with Gasteiger partial charge in [0.25, 0.3) is 0 Å². The first-order chi connectivity index (χ1) is 14.7. The van der Waals surface area contributed by atoms with Crippen LogP contribution in [0.15, 0.2) is 24.3 Å². The third kappa shape index (κ3) is 6.94. The lowest BCUT2D eigenvalue weighted by atomic mass is 10.0. The molecule has 7 heteroatoms. The van der Waals surface area contributed by atoms with E-state index in [9.17, 15) is 9.59 Å². The van der Waals surface area contributed by atoms with Crippen molar-refractivity contribution in [3.63, 3.8) is 0 Å². The first-order valence-corrected chi connectivity index (χ1v) is 11.5. The maximum absolute atomic E-state index is 13.0. The molecule has 0 bridgehead atoms. The molecule has 1 atom stereocenters.